The summed E-state index contributed by atoms with van der Waals surface area (Å²) in [6.07, 6.45) is 1.35. The van der Waals surface area contributed by atoms with Crippen molar-refractivity contribution in [2.75, 3.05) is 6.54 Å². The van der Waals surface area contributed by atoms with Crippen molar-refractivity contribution in [1.29, 1.82) is 0 Å². The Hall–Kier alpha value is -0.990. The quantitative estimate of drug-likeness (QED) is 0.659. The van der Waals surface area contributed by atoms with Crippen LogP contribution in [0.25, 0.3) is 0 Å². The highest BCUT2D eigenvalue weighted by Gasteiger charge is 2.24. The van der Waals surface area contributed by atoms with E-state index in [9.17, 15) is 8.42 Å². The third-order valence-electron chi connectivity index (χ3n) is 2.53. The monoisotopic (exact) mass is 275 g/mol. The first-order valence-electron chi connectivity index (χ1n) is 5.92. The molecule has 0 spiro atoms. The van der Waals surface area contributed by atoms with Crippen LogP contribution >= 0.6 is 0 Å². The Morgan fingerprint density at radius 1 is 1.33 bits per heavy atom. The highest BCUT2D eigenvalue weighted by Crippen LogP contribution is 2.09. The van der Waals surface area contributed by atoms with Crippen molar-refractivity contribution in [3.8, 4) is 0 Å². The summed E-state index contributed by atoms with van der Waals surface area (Å²) in [4.78, 5) is 3.92. The van der Waals surface area contributed by atoms with E-state index in [1.807, 2.05) is 13.8 Å². The summed E-state index contributed by atoms with van der Waals surface area (Å²) in [7, 11) is -3.38. The highest BCUT2D eigenvalue weighted by molar-refractivity contribution is 7.90. The third kappa shape index (κ3) is 4.35. The number of aromatic amines is 1. The Labute approximate surface area is 108 Å². The van der Waals surface area contributed by atoms with Crippen molar-refractivity contribution in [2.24, 2.45) is 0 Å². The SMILES string of the molecule is CC(C)NCC(C)S(=O)(=O)NC(C)c1ncn[nH]1. The number of hydrogen-bond acceptors (Lipinski definition) is 5. The maximum Gasteiger partial charge on any atom is 0.216 e. The van der Waals surface area contributed by atoms with Crippen molar-refractivity contribution in [1.82, 2.24) is 25.2 Å². The first-order valence-corrected chi connectivity index (χ1v) is 7.47. The van der Waals surface area contributed by atoms with Crippen LogP contribution in [-0.4, -0.2) is 41.4 Å². The first-order chi connectivity index (χ1) is 8.33. The van der Waals surface area contributed by atoms with Gasteiger partial charge in [-0.2, -0.15) is 5.10 Å². The summed E-state index contributed by atoms with van der Waals surface area (Å²) >= 11 is 0. The largest absolute Gasteiger partial charge is 0.313 e. The van der Waals surface area contributed by atoms with Gasteiger partial charge in [0.1, 0.15) is 12.2 Å². The number of aromatic nitrogens is 3. The third-order valence-corrected chi connectivity index (χ3v) is 4.44. The number of hydrogen-bond donors (Lipinski definition) is 3. The van der Waals surface area contributed by atoms with Gasteiger partial charge in [0, 0.05) is 12.6 Å². The maximum absolute atomic E-state index is 12.0. The molecular weight excluding hydrogens is 254 g/mol. The van der Waals surface area contributed by atoms with Gasteiger partial charge in [-0.25, -0.2) is 18.1 Å². The minimum atomic E-state index is -3.38. The molecule has 1 aromatic rings. The molecule has 0 saturated heterocycles. The van der Waals surface area contributed by atoms with Crippen LogP contribution in [0.4, 0.5) is 0 Å². The van der Waals surface area contributed by atoms with E-state index in [-0.39, 0.29) is 6.04 Å². The molecule has 1 aromatic heterocycles. The molecule has 8 heteroatoms. The van der Waals surface area contributed by atoms with E-state index in [2.05, 4.69) is 25.2 Å². The Kier molecular flexibility index (Phi) is 5.24. The molecule has 0 fully saturated rings. The minimum absolute atomic E-state index is 0.259. The summed E-state index contributed by atoms with van der Waals surface area (Å²) in [5, 5.41) is 8.93. The lowest BCUT2D eigenvalue weighted by Crippen LogP contribution is -2.41. The van der Waals surface area contributed by atoms with Crippen LogP contribution in [0, 0.1) is 0 Å². The zero-order chi connectivity index (χ0) is 13.8. The molecule has 0 bridgehead atoms. The molecule has 1 rings (SSSR count). The van der Waals surface area contributed by atoms with Crippen LogP contribution in [0.2, 0.25) is 0 Å². The highest BCUT2D eigenvalue weighted by atomic mass is 32.2. The van der Waals surface area contributed by atoms with Gasteiger partial charge in [0.25, 0.3) is 0 Å². The minimum Gasteiger partial charge on any atom is -0.313 e. The lowest BCUT2D eigenvalue weighted by atomic mass is 10.3. The molecule has 1 heterocycles. The van der Waals surface area contributed by atoms with E-state index in [0.29, 0.717) is 12.4 Å². The Balaban J connectivity index is 2.58. The van der Waals surface area contributed by atoms with Gasteiger partial charge in [0.2, 0.25) is 10.0 Å². The molecule has 3 N–H and O–H groups in total. The van der Waals surface area contributed by atoms with Crippen molar-refractivity contribution in [3.05, 3.63) is 12.2 Å². The van der Waals surface area contributed by atoms with Crippen LogP contribution in [0.1, 0.15) is 39.6 Å². The fourth-order valence-electron chi connectivity index (χ4n) is 1.35. The molecule has 0 aromatic carbocycles. The zero-order valence-corrected chi connectivity index (χ0v) is 12.0. The summed E-state index contributed by atoms with van der Waals surface area (Å²) < 4.78 is 26.7. The van der Waals surface area contributed by atoms with Gasteiger partial charge >= 0.3 is 0 Å². The Morgan fingerprint density at radius 3 is 2.50 bits per heavy atom. The standard InChI is InChI=1S/C10H21N5O2S/c1-7(2)11-5-8(3)18(16,17)15-9(4)10-12-6-13-14-10/h6-9,11,15H,5H2,1-4H3,(H,12,13,14). The Bertz CT molecular complexity index is 443. The molecule has 0 aliphatic carbocycles. The number of H-pyrrole nitrogens is 1. The molecule has 0 saturated carbocycles. The lowest BCUT2D eigenvalue weighted by Gasteiger charge is -2.18. The van der Waals surface area contributed by atoms with Crippen LogP contribution in [0.5, 0.6) is 0 Å². The van der Waals surface area contributed by atoms with Gasteiger partial charge in [0.05, 0.1) is 11.3 Å². The van der Waals surface area contributed by atoms with E-state index in [0.717, 1.165) is 0 Å². The van der Waals surface area contributed by atoms with Gasteiger partial charge in [-0.15, -0.1) is 0 Å². The van der Waals surface area contributed by atoms with E-state index < -0.39 is 21.3 Å². The maximum atomic E-state index is 12.0. The molecular formula is C10H21N5O2S. The Morgan fingerprint density at radius 2 is 2.00 bits per heavy atom. The zero-order valence-electron chi connectivity index (χ0n) is 11.1. The average molecular weight is 275 g/mol. The smallest absolute Gasteiger partial charge is 0.216 e. The number of nitrogens with zero attached hydrogens (tertiary/aromatic N) is 2. The van der Waals surface area contributed by atoms with E-state index in [1.165, 1.54) is 6.33 Å². The van der Waals surface area contributed by atoms with Crippen LogP contribution < -0.4 is 10.0 Å². The second kappa shape index (κ2) is 6.26. The van der Waals surface area contributed by atoms with Gasteiger partial charge in [-0.3, -0.25) is 5.10 Å². The van der Waals surface area contributed by atoms with Crippen LogP contribution in [0.3, 0.4) is 0 Å². The van der Waals surface area contributed by atoms with Gasteiger partial charge in [-0.05, 0) is 13.8 Å². The molecule has 0 aliphatic rings. The predicted octanol–water partition coefficient (Wildman–Crippen LogP) is 0.172. The molecule has 2 atom stereocenters. The van der Waals surface area contributed by atoms with Crippen LogP contribution in [-0.2, 0) is 10.0 Å². The fraction of sp³-hybridized carbons (Fsp3) is 0.800. The van der Waals surface area contributed by atoms with Crippen LogP contribution in [0.15, 0.2) is 6.33 Å². The summed E-state index contributed by atoms with van der Waals surface area (Å²) in [5.74, 6) is 0.502. The summed E-state index contributed by atoms with van der Waals surface area (Å²) in [5.41, 5.74) is 0. The predicted molar refractivity (Wildman–Crippen MR) is 69.5 cm³/mol. The average Bonchev–Trinajstić information content (AvgIpc) is 2.78. The number of nitrogens with one attached hydrogen (secondary N) is 3. The van der Waals surface area contributed by atoms with Gasteiger partial charge in [0.15, 0.2) is 0 Å². The summed E-state index contributed by atoms with van der Waals surface area (Å²) in [6, 6.07) is -0.159. The van der Waals surface area contributed by atoms with Gasteiger partial charge in [-0.1, -0.05) is 13.8 Å². The topological polar surface area (TPSA) is 99.8 Å². The van der Waals surface area contributed by atoms with Crippen molar-refractivity contribution < 1.29 is 8.42 Å². The summed E-state index contributed by atoms with van der Waals surface area (Å²) in [6.45, 7) is 7.76. The lowest BCUT2D eigenvalue weighted by molar-refractivity contribution is 0.528. The molecule has 0 radical (unpaired) electrons. The number of rotatable bonds is 7. The molecule has 104 valence electrons. The van der Waals surface area contributed by atoms with Crippen molar-refractivity contribution in [2.45, 2.75) is 45.0 Å². The first kappa shape index (κ1) is 15.1. The van der Waals surface area contributed by atoms with Gasteiger partial charge < -0.3 is 5.32 Å². The molecule has 2 unspecified atom stereocenters. The van der Waals surface area contributed by atoms with E-state index in [4.69, 9.17) is 0 Å². The molecule has 0 amide bonds. The second-order valence-corrected chi connectivity index (χ2v) is 6.76. The van der Waals surface area contributed by atoms with E-state index >= 15 is 0 Å². The van der Waals surface area contributed by atoms with Crippen molar-refractivity contribution in [3.63, 3.8) is 0 Å². The molecule has 18 heavy (non-hydrogen) atoms. The second-order valence-electron chi connectivity index (χ2n) is 4.63. The van der Waals surface area contributed by atoms with E-state index in [1.54, 1.807) is 13.8 Å². The number of sulfonamides is 1. The van der Waals surface area contributed by atoms with Crippen molar-refractivity contribution >= 4 is 10.0 Å². The molecule has 7 nitrogen and oxygen atoms in total. The normalized spacial score (nSPS) is 15.8. The fourth-order valence-corrected chi connectivity index (χ4v) is 2.51. The molecule has 0 aliphatic heterocycles.